The number of carbonyl (C=O) groups excluding carboxylic acids is 4. The molecule has 1 heterocycles. The molecule has 1 aliphatic rings. The summed E-state index contributed by atoms with van der Waals surface area (Å²) in [5.41, 5.74) is 3.12. The van der Waals surface area contributed by atoms with Crippen molar-refractivity contribution in [2.45, 2.75) is 6.42 Å². The van der Waals surface area contributed by atoms with Gasteiger partial charge in [0.2, 0.25) is 0 Å². The van der Waals surface area contributed by atoms with Crippen LogP contribution < -0.4 is 0 Å². The van der Waals surface area contributed by atoms with Crippen LogP contribution in [0.4, 0.5) is 0 Å². The molecule has 31 heavy (non-hydrogen) atoms. The lowest BCUT2D eigenvalue weighted by atomic mass is 10.0. The van der Waals surface area contributed by atoms with E-state index >= 15 is 0 Å². The second-order valence-electron chi connectivity index (χ2n) is 7.08. The van der Waals surface area contributed by atoms with Crippen LogP contribution in [0.1, 0.15) is 37.5 Å². The van der Waals surface area contributed by atoms with Gasteiger partial charge in [-0.05, 0) is 23.3 Å². The van der Waals surface area contributed by atoms with Crippen molar-refractivity contribution in [3.63, 3.8) is 0 Å². The zero-order valence-electron chi connectivity index (χ0n) is 16.6. The molecule has 0 fully saturated rings. The molecule has 3 aromatic rings. The first-order valence-electron chi connectivity index (χ1n) is 9.84. The van der Waals surface area contributed by atoms with E-state index in [1.807, 2.05) is 42.5 Å². The van der Waals surface area contributed by atoms with Gasteiger partial charge in [0.15, 0.2) is 12.4 Å². The summed E-state index contributed by atoms with van der Waals surface area (Å²) >= 11 is 0. The summed E-state index contributed by atoms with van der Waals surface area (Å²) in [5, 5.41) is 0. The average molecular weight is 413 g/mol. The Bertz CT molecular complexity index is 1120. The summed E-state index contributed by atoms with van der Waals surface area (Å²) in [7, 11) is 0. The highest BCUT2D eigenvalue weighted by atomic mass is 16.5. The van der Waals surface area contributed by atoms with Crippen LogP contribution in [0, 0.1) is 0 Å². The molecule has 0 saturated heterocycles. The Balaban J connectivity index is 1.28. The highest BCUT2D eigenvalue weighted by molar-refractivity contribution is 6.21. The number of nitrogens with zero attached hydrogens (tertiary/aromatic N) is 1. The van der Waals surface area contributed by atoms with Gasteiger partial charge in [-0.25, -0.2) is 0 Å². The van der Waals surface area contributed by atoms with Gasteiger partial charge >= 0.3 is 5.97 Å². The number of hydrogen-bond acceptors (Lipinski definition) is 5. The van der Waals surface area contributed by atoms with Crippen molar-refractivity contribution >= 4 is 23.6 Å². The highest BCUT2D eigenvalue weighted by Gasteiger charge is 2.35. The number of hydrogen-bond donors (Lipinski definition) is 0. The second-order valence-corrected chi connectivity index (χ2v) is 7.08. The zero-order valence-corrected chi connectivity index (χ0v) is 16.6. The van der Waals surface area contributed by atoms with Crippen molar-refractivity contribution in [1.82, 2.24) is 4.90 Å². The summed E-state index contributed by atoms with van der Waals surface area (Å²) < 4.78 is 5.04. The van der Waals surface area contributed by atoms with Crippen LogP contribution in [-0.2, 0) is 9.53 Å². The number of fused-ring (bicyclic) bond motifs is 1. The fourth-order valence-corrected chi connectivity index (χ4v) is 3.43. The van der Waals surface area contributed by atoms with Gasteiger partial charge in [-0.2, -0.15) is 0 Å². The third-order valence-corrected chi connectivity index (χ3v) is 5.10. The standard InChI is InChI=1S/C25H19NO5/c27-22(19-12-10-18(11-13-19)17-6-2-1-3-7-17)16-31-23(28)14-15-26-24(29)20-8-4-5-9-21(20)25(26)30/h1-13H,14-16H2. The van der Waals surface area contributed by atoms with E-state index in [0.29, 0.717) is 16.7 Å². The van der Waals surface area contributed by atoms with E-state index < -0.39 is 24.4 Å². The maximum Gasteiger partial charge on any atom is 0.308 e. The van der Waals surface area contributed by atoms with Gasteiger partial charge in [0, 0.05) is 12.1 Å². The molecule has 0 aromatic heterocycles. The Hall–Kier alpha value is -4.06. The van der Waals surface area contributed by atoms with Crippen molar-refractivity contribution in [3.8, 4) is 11.1 Å². The van der Waals surface area contributed by atoms with Crippen LogP contribution in [0.2, 0.25) is 0 Å². The molecule has 2 amide bonds. The van der Waals surface area contributed by atoms with E-state index in [-0.39, 0.29) is 18.7 Å². The third kappa shape index (κ3) is 4.28. The lowest BCUT2D eigenvalue weighted by molar-refractivity contribution is -0.142. The van der Waals surface area contributed by atoms with E-state index in [9.17, 15) is 19.2 Å². The minimum Gasteiger partial charge on any atom is -0.457 e. The monoisotopic (exact) mass is 413 g/mol. The van der Waals surface area contributed by atoms with Crippen molar-refractivity contribution < 1.29 is 23.9 Å². The minimum absolute atomic E-state index is 0.0921. The van der Waals surface area contributed by atoms with Crippen LogP contribution in [0.5, 0.6) is 0 Å². The quantitative estimate of drug-likeness (QED) is 0.335. The van der Waals surface area contributed by atoms with Gasteiger partial charge in [0.25, 0.3) is 11.8 Å². The maximum absolute atomic E-state index is 12.3. The molecule has 1 aliphatic heterocycles. The predicted molar refractivity (Wildman–Crippen MR) is 114 cm³/mol. The normalized spacial score (nSPS) is 12.6. The van der Waals surface area contributed by atoms with Gasteiger partial charge in [-0.3, -0.25) is 24.1 Å². The molecule has 0 N–H and O–H groups in total. The number of ether oxygens (including phenoxy) is 1. The molecule has 6 heteroatoms. The lowest BCUT2D eigenvalue weighted by Crippen LogP contribution is -2.32. The average Bonchev–Trinajstić information content (AvgIpc) is 3.06. The van der Waals surface area contributed by atoms with Crippen LogP contribution >= 0.6 is 0 Å². The van der Waals surface area contributed by atoms with Gasteiger partial charge in [0.1, 0.15) is 0 Å². The molecule has 0 aliphatic carbocycles. The Morgan fingerprint density at radius 1 is 0.710 bits per heavy atom. The van der Waals surface area contributed by atoms with E-state index in [1.54, 1.807) is 36.4 Å². The first-order valence-corrected chi connectivity index (χ1v) is 9.84. The van der Waals surface area contributed by atoms with Gasteiger partial charge in [-0.1, -0.05) is 66.7 Å². The lowest BCUT2D eigenvalue weighted by Gasteiger charge is -2.13. The Morgan fingerprint density at radius 3 is 1.87 bits per heavy atom. The van der Waals surface area contributed by atoms with Crippen LogP contribution in [0.25, 0.3) is 11.1 Å². The Labute approximate surface area is 179 Å². The molecule has 3 aromatic carbocycles. The smallest absolute Gasteiger partial charge is 0.308 e. The molecule has 0 spiro atoms. The highest BCUT2D eigenvalue weighted by Crippen LogP contribution is 2.22. The second kappa shape index (κ2) is 8.75. The van der Waals surface area contributed by atoms with Crippen molar-refractivity contribution in [2.75, 3.05) is 13.2 Å². The minimum atomic E-state index is -0.647. The largest absolute Gasteiger partial charge is 0.457 e. The number of benzene rings is 3. The number of imide groups is 1. The van der Waals surface area contributed by atoms with E-state index in [1.165, 1.54) is 0 Å². The fourth-order valence-electron chi connectivity index (χ4n) is 3.43. The zero-order chi connectivity index (χ0) is 21.8. The summed E-state index contributed by atoms with van der Waals surface area (Å²) in [5.74, 6) is -1.83. The fraction of sp³-hybridized carbons (Fsp3) is 0.120. The predicted octanol–water partition coefficient (Wildman–Crippen LogP) is 3.77. The molecular formula is C25H19NO5. The van der Waals surface area contributed by atoms with E-state index in [2.05, 4.69) is 0 Å². The number of ketones is 1. The molecule has 0 unspecified atom stereocenters. The number of esters is 1. The van der Waals surface area contributed by atoms with Crippen LogP contribution in [0.15, 0.2) is 78.9 Å². The van der Waals surface area contributed by atoms with Gasteiger partial charge in [-0.15, -0.1) is 0 Å². The molecule has 0 radical (unpaired) electrons. The molecule has 0 atom stereocenters. The Morgan fingerprint density at radius 2 is 1.26 bits per heavy atom. The first-order chi connectivity index (χ1) is 15.0. The molecule has 4 rings (SSSR count). The van der Waals surface area contributed by atoms with Crippen molar-refractivity contribution in [2.24, 2.45) is 0 Å². The Kier molecular flexibility index (Phi) is 5.71. The molecule has 0 saturated carbocycles. The van der Waals surface area contributed by atoms with Gasteiger partial charge in [0.05, 0.1) is 17.5 Å². The van der Waals surface area contributed by atoms with Crippen molar-refractivity contribution in [1.29, 1.82) is 0 Å². The van der Waals surface area contributed by atoms with E-state index in [4.69, 9.17) is 4.74 Å². The van der Waals surface area contributed by atoms with E-state index in [0.717, 1.165) is 16.0 Å². The molecule has 154 valence electrons. The first kappa shape index (κ1) is 20.2. The number of Topliss-reactive ketones (excluding diaryl/α,β-unsaturated/α-hetero) is 1. The van der Waals surface area contributed by atoms with Crippen LogP contribution in [0.3, 0.4) is 0 Å². The number of carbonyl (C=O) groups is 4. The van der Waals surface area contributed by atoms with Crippen molar-refractivity contribution in [3.05, 3.63) is 95.6 Å². The summed E-state index contributed by atoms with van der Waals surface area (Å²) in [4.78, 5) is 50.0. The summed E-state index contributed by atoms with van der Waals surface area (Å²) in [6.45, 7) is -0.489. The summed E-state index contributed by atoms with van der Waals surface area (Å²) in [6, 6.07) is 23.4. The van der Waals surface area contributed by atoms with Gasteiger partial charge < -0.3 is 4.74 Å². The number of amides is 2. The molecular weight excluding hydrogens is 394 g/mol. The third-order valence-electron chi connectivity index (χ3n) is 5.10. The maximum atomic E-state index is 12.3. The molecule has 0 bridgehead atoms. The number of rotatable bonds is 7. The SMILES string of the molecule is O=C(CCN1C(=O)c2ccccc2C1=O)OCC(=O)c1ccc(-c2ccccc2)cc1. The molecule has 6 nitrogen and oxygen atoms in total. The summed E-state index contributed by atoms with van der Waals surface area (Å²) in [6.07, 6.45) is -0.175. The van der Waals surface area contributed by atoms with Crippen LogP contribution in [-0.4, -0.2) is 41.6 Å². The topological polar surface area (TPSA) is 80.8 Å².